The van der Waals surface area contributed by atoms with Crippen molar-refractivity contribution in [2.24, 2.45) is 5.92 Å². The van der Waals surface area contributed by atoms with Crippen LogP contribution in [-0.4, -0.2) is 12.5 Å². The van der Waals surface area contributed by atoms with Crippen LogP contribution in [0.5, 0.6) is 0 Å². The van der Waals surface area contributed by atoms with Crippen molar-refractivity contribution in [2.75, 3.05) is 12.3 Å². The summed E-state index contributed by atoms with van der Waals surface area (Å²) in [6.45, 7) is 0.777. The van der Waals surface area contributed by atoms with Gasteiger partial charge in [-0.2, -0.15) is 0 Å². The lowest BCUT2D eigenvalue weighted by Crippen LogP contribution is -2.24. The number of rotatable bonds is 5. The maximum Gasteiger partial charge on any atom is 0.251 e. The van der Waals surface area contributed by atoms with E-state index in [2.05, 4.69) is 5.32 Å². The Morgan fingerprint density at radius 1 is 1.22 bits per heavy atom. The first kappa shape index (κ1) is 12.9. The number of amides is 1. The standard InChI is InChI=1S/C15H22N2O/c16-14-9-7-13(8-10-14)15(18)17-11-3-6-12-4-1-2-5-12/h7-10,12H,1-6,11,16H2,(H,17,18). The van der Waals surface area contributed by atoms with Gasteiger partial charge in [-0.05, 0) is 43.0 Å². The van der Waals surface area contributed by atoms with Crippen molar-refractivity contribution in [2.45, 2.75) is 38.5 Å². The van der Waals surface area contributed by atoms with Crippen LogP contribution in [0.2, 0.25) is 0 Å². The topological polar surface area (TPSA) is 55.1 Å². The van der Waals surface area contributed by atoms with Crippen molar-refractivity contribution in [1.82, 2.24) is 5.32 Å². The summed E-state index contributed by atoms with van der Waals surface area (Å²) in [6.07, 6.45) is 7.89. The van der Waals surface area contributed by atoms with Crippen LogP contribution in [0.15, 0.2) is 24.3 Å². The molecule has 2 rings (SSSR count). The van der Waals surface area contributed by atoms with Gasteiger partial charge in [-0.1, -0.05) is 25.7 Å². The number of benzene rings is 1. The molecule has 0 spiro atoms. The van der Waals surface area contributed by atoms with Gasteiger partial charge >= 0.3 is 0 Å². The molecule has 3 heteroatoms. The Morgan fingerprint density at radius 3 is 2.56 bits per heavy atom. The van der Waals surface area contributed by atoms with E-state index < -0.39 is 0 Å². The molecule has 3 nitrogen and oxygen atoms in total. The molecule has 1 aromatic carbocycles. The van der Waals surface area contributed by atoms with E-state index in [4.69, 9.17) is 5.73 Å². The molecule has 0 heterocycles. The molecular weight excluding hydrogens is 224 g/mol. The smallest absolute Gasteiger partial charge is 0.251 e. The molecule has 3 N–H and O–H groups in total. The first-order valence-electron chi connectivity index (χ1n) is 6.89. The third-order valence-electron chi connectivity index (χ3n) is 3.72. The molecular formula is C15H22N2O. The van der Waals surface area contributed by atoms with Gasteiger partial charge in [0.2, 0.25) is 0 Å². The van der Waals surface area contributed by atoms with Gasteiger partial charge in [0.1, 0.15) is 0 Å². The zero-order valence-electron chi connectivity index (χ0n) is 10.8. The molecule has 1 amide bonds. The number of anilines is 1. The number of nitrogen functional groups attached to an aromatic ring is 1. The Bertz CT molecular complexity index is 380. The molecule has 0 unspecified atom stereocenters. The Morgan fingerprint density at radius 2 is 1.89 bits per heavy atom. The van der Waals surface area contributed by atoms with E-state index in [0.717, 1.165) is 18.9 Å². The highest BCUT2D eigenvalue weighted by molar-refractivity contribution is 5.94. The highest BCUT2D eigenvalue weighted by Crippen LogP contribution is 2.28. The quantitative estimate of drug-likeness (QED) is 0.620. The van der Waals surface area contributed by atoms with Crippen molar-refractivity contribution < 1.29 is 4.79 Å². The van der Waals surface area contributed by atoms with E-state index in [1.807, 2.05) is 0 Å². The fourth-order valence-corrected chi connectivity index (χ4v) is 2.63. The molecule has 1 fully saturated rings. The molecule has 0 atom stereocenters. The van der Waals surface area contributed by atoms with Crippen LogP contribution in [0.3, 0.4) is 0 Å². The van der Waals surface area contributed by atoms with Crippen LogP contribution < -0.4 is 11.1 Å². The SMILES string of the molecule is Nc1ccc(C(=O)NCCCC2CCCC2)cc1. The van der Waals surface area contributed by atoms with E-state index in [0.29, 0.717) is 11.3 Å². The van der Waals surface area contributed by atoms with Gasteiger partial charge in [0.05, 0.1) is 0 Å². The van der Waals surface area contributed by atoms with Gasteiger partial charge in [-0.3, -0.25) is 4.79 Å². The summed E-state index contributed by atoms with van der Waals surface area (Å²) >= 11 is 0. The van der Waals surface area contributed by atoms with Crippen LogP contribution in [0, 0.1) is 5.92 Å². The van der Waals surface area contributed by atoms with Gasteiger partial charge < -0.3 is 11.1 Å². The minimum absolute atomic E-state index is 0.00132. The molecule has 0 aromatic heterocycles. The number of carbonyl (C=O) groups excluding carboxylic acids is 1. The third kappa shape index (κ3) is 3.76. The third-order valence-corrected chi connectivity index (χ3v) is 3.72. The van der Waals surface area contributed by atoms with Gasteiger partial charge in [0.15, 0.2) is 0 Å². The number of hydrogen-bond donors (Lipinski definition) is 2. The zero-order chi connectivity index (χ0) is 12.8. The molecule has 0 aliphatic heterocycles. The van der Waals surface area contributed by atoms with Crippen molar-refractivity contribution in [3.63, 3.8) is 0 Å². The van der Waals surface area contributed by atoms with Crippen LogP contribution in [-0.2, 0) is 0 Å². The van der Waals surface area contributed by atoms with Gasteiger partial charge in [0, 0.05) is 17.8 Å². The second-order valence-electron chi connectivity index (χ2n) is 5.17. The molecule has 0 radical (unpaired) electrons. The average molecular weight is 246 g/mol. The van der Waals surface area contributed by atoms with E-state index in [1.165, 1.54) is 32.1 Å². The summed E-state index contributed by atoms with van der Waals surface area (Å²) in [4.78, 5) is 11.8. The predicted molar refractivity (Wildman–Crippen MR) is 74.4 cm³/mol. The van der Waals surface area contributed by atoms with E-state index >= 15 is 0 Å². The second kappa shape index (κ2) is 6.43. The van der Waals surface area contributed by atoms with E-state index in [9.17, 15) is 4.79 Å². The van der Waals surface area contributed by atoms with Crippen molar-refractivity contribution in [3.8, 4) is 0 Å². The minimum atomic E-state index is 0.00132. The number of carbonyl (C=O) groups is 1. The molecule has 1 aliphatic carbocycles. The lowest BCUT2D eigenvalue weighted by atomic mass is 10.0. The first-order valence-corrected chi connectivity index (χ1v) is 6.89. The lowest BCUT2D eigenvalue weighted by molar-refractivity contribution is 0.0952. The van der Waals surface area contributed by atoms with E-state index in [-0.39, 0.29) is 5.91 Å². The van der Waals surface area contributed by atoms with Crippen LogP contribution in [0.25, 0.3) is 0 Å². The normalized spacial score (nSPS) is 15.8. The Balaban J connectivity index is 1.66. The highest BCUT2D eigenvalue weighted by atomic mass is 16.1. The Kier molecular flexibility index (Phi) is 4.62. The number of nitrogens with one attached hydrogen (secondary N) is 1. The average Bonchev–Trinajstić information content (AvgIpc) is 2.88. The second-order valence-corrected chi connectivity index (χ2v) is 5.17. The van der Waals surface area contributed by atoms with Crippen LogP contribution >= 0.6 is 0 Å². The zero-order valence-corrected chi connectivity index (χ0v) is 10.8. The molecule has 0 bridgehead atoms. The van der Waals surface area contributed by atoms with Crippen LogP contribution in [0.4, 0.5) is 5.69 Å². The van der Waals surface area contributed by atoms with Crippen LogP contribution in [0.1, 0.15) is 48.9 Å². The summed E-state index contributed by atoms with van der Waals surface area (Å²) in [5.41, 5.74) is 6.96. The summed E-state index contributed by atoms with van der Waals surface area (Å²) in [5.74, 6) is 0.903. The minimum Gasteiger partial charge on any atom is -0.399 e. The maximum absolute atomic E-state index is 11.8. The molecule has 1 aliphatic rings. The summed E-state index contributed by atoms with van der Waals surface area (Å²) < 4.78 is 0. The summed E-state index contributed by atoms with van der Waals surface area (Å²) in [6, 6.07) is 7.05. The van der Waals surface area contributed by atoms with Crippen molar-refractivity contribution >= 4 is 11.6 Å². The van der Waals surface area contributed by atoms with E-state index in [1.54, 1.807) is 24.3 Å². The maximum atomic E-state index is 11.8. The summed E-state index contributed by atoms with van der Waals surface area (Å²) in [5, 5.41) is 2.96. The van der Waals surface area contributed by atoms with Crippen molar-refractivity contribution in [3.05, 3.63) is 29.8 Å². The van der Waals surface area contributed by atoms with Gasteiger partial charge in [-0.25, -0.2) is 0 Å². The largest absolute Gasteiger partial charge is 0.399 e. The predicted octanol–water partition coefficient (Wildman–Crippen LogP) is 2.97. The number of nitrogens with two attached hydrogens (primary N) is 1. The molecule has 1 saturated carbocycles. The van der Waals surface area contributed by atoms with Crippen molar-refractivity contribution in [1.29, 1.82) is 0 Å². The molecule has 18 heavy (non-hydrogen) atoms. The highest BCUT2D eigenvalue weighted by Gasteiger charge is 2.14. The molecule has 98 valence electrons. The van der Waals surface area contributed by atoms with Gasteiger partial charge in [0.25, 0.3) is 5.91 Å². The fraction of sp³-hybridized carbons (Fsp3) is 0.533. The lowest BCUT2D eigenvalue weighted by Gasteiger charge is -2.09. The first-order chi connectivity index (χ1) is 8.75. The molecule has 0 saturated heterocycles. The molecule has 1 aromatic rings. The fourth-order valence-electron chi connectivity index (χ4n) is 2.63. The summed E-state index contributed by atoms with van der Waals surface area (Å²) in [7, 11) is 0. The monoisotopic (exact) mass is 246 g/mol. The van der Waals surface area contributed by atoms with Gasteiger partial charge in [-0.15, -0.1) is 0 Å². The number of hydrogen-bond acceptors (Lipinski definition) is 2. The Hall–Kier alpha value is -1.51. The Labute approximate surface area is 109 Å².